The van der Waals surface area contributed by atoms with Crippen LogP contribution < -0.4 is 9.47 Å². The van der Waals surface area contributed by atoms with Gasteiger partial charge in [-0.05, 0) is 35.8 Å². The molecule has 0 aromatic heterocycles. The van der Waals surface area contributed by atoms with Crippen molar-refractivity contribution in [2.75, 3.05) is 14.2 Å². The minimum absolute atomic E-state index is 0.738. The van der Waals surface area contributed by atoms with Crippen molar-refractivity contribution < 1.29 is 9.47 Å². The summed E-state index contributed by atoms with van der Waals surface area (Å²) in [6.45, 7) is 2.03. The maximum absolute atomic E-state index is 5.36. The summed E-state index contributed by atoms with van der Waals surface area (Å²) in [5.41, 5.74) is 3.42. The van der Waals surface area contributed by atoms with Crippen molar-refractivity contribution >= 4 is 11.6 Å². The predicted octanol–water partition coefficient (Wildman–Crippen LogP) is 4.82. The van der Waals surface area contributed by atoms with E-state index < -0.39 is 0 Å². The highest BCUT2D eigenvalue weighted by Gasteiger charge is 2.06. The molecule has 0 heterocycles. The third kappa shape index (κ3) is 3.76. The van der Waals surface area contributed by atoms with Crippen LogP contribution in [-0.2, 0) is 0 Å². The van der Waals surface area contributed by atoms with E-state index in [0.29, 0.717) is 0 Å². The minimum Gasteiger partial charge on any atom is -0.493 e. The molecule has 0 radical (unpaired) electrons. The zero-order chi connectivity index (χ0) is 15.1. The number of methoxy groups -OCH3 is 2. The Morgan fingerprint density at radius 2 is 1.62 bits per heavy atom. The normalized spacial score (nSPS) is 11.7. The summed E-state index contributed by atoms with van der Waals surface area (Å²) in [4.78, 5) is 0. The highest BCUT2D eigenvalue weighted by atomic mass is 16.5. The molecule has 2 aromatic rings. The molecule has 0 aliphatic rings. The molecule has 2 nitrogen and oxygen atoms in total. The van der Waals surface area contributed by atoms with Gasteiger partial charge in [0.15, 0.2) is 11.5 Å². The largest absolute Gasteiger partial charge is 0.493 e. The first kappa shape index (κ1) is 14.9. The summed E-state index contributed by atoms with van der Waals surface area (Å²) in [7, 11) is 3.29. The first-order chi connectivity index (χ1) is 10.3. The van der Waals surface area contributed by atoms with E-state index in [9.17, 15) is 0 Å². The molecule has 2 heteroatoms. The van der Waals surface area contributed by atoms with Crippen molar-refractivity contribution in [1.82, 2.24) is 0 Å². The molecule has 0 amide bonds. The molecular weight excluding hydrogens is 260 g/mol. The van der Waals surface area contributed by atoms with Gasteiger partial charge in [0.25, 0.3) is 0 Å². The van der Waals surface area contributed by atoms with Crippen molar-refractivity contribution in [3.05, 3.63) is 71.8 Å². The summed E-state index contributed by atoms with van der Waals surface area (Å²) in [5, 5.41) is 0. The second-order valence-corrected chi connectivity index (χ2v) is 4.56. The second-order valence-electron chi connectivity index (χ2n) is 4.56. The van der Waals surface area contributed by atoms with Gasteiger partial charge in [0.1, 0.15) is 0 Å². The van der Waals surface area contributed by atoms with Crippen molar-refractivity contribution in [3.8, 4) is 11.5 Å². The van der Waals surface area contributed by atoms with Gasteiger partial charge in [0.2, 0.25) is 0 Å². The third-order valence-corrected chi connectivity index (χ3v) is 3.28. The molecule has 108 valence electrons. The Morgan fingerprint density at radius 3 is 2.24 bits per heavy atom. The van der Waals surface area contributed by atoms with Gasteiger partial charge in [0, 0.05) is 0 Å². The maximum atomic E-state index is 5.36. The summed E-state index contributed by atoms with van der Waals surface area (Å²) in [5.74, 6) is 1.48. The lowest BCUT2D eigenvalue weighted by Gasteiger charge is -2.10. The van der Waals surface area contributed by atoms with Crippen LogP contribution in [0, 0.1) is 0 Å². The van der Waals surface area contributed by atoms with Crippen LogP contribution in [0.5, 0.6) is 11.5 Å². The SMILES string of the molecule is CC=C(C=Cc1ccccc1)c1ccc(OC)c(OC)c1. The van der Waals surface area contributed by atoms with Crippen LogP contribution in [0.2, 0.25) is 0 Å². The monoisotopic (exact) mass is 280 g/mol. The van der Waals surface area contributed by atoms with Gasteiger partial charge < -0.3 is 9.47 Å². The zero-order valence-electron chi connectivity index (χ0n) is 12.7. The molecule has 0 aliphatic carbocycles. The van der Waals surface area contributed by atoms with Crippen molar-refractivity contribution in [1.29, 1.82) is 0 Å². The fourth-order valence-corrected chi connectivity index (χ4v) is 2.13. The highest BCUT2D eigenvalue weighted by Crippen LogP contribution is 2.30. The second kappa shape index (κ2) is 7.34. The van der Waals surface area contributed by atoms with E-state index in [0.717, 1.165) is 22.6 Å². The van der Waals surface area contributed by atoms with Gasteiger partial charge in [0.05, 0.1) is 14.2 Å². The molecule has 0 aliphatic heterocycles. The van der Waals surface area contributed by atoms with E-state index >= 15 is 0 Å². The summed E-state index contributed by atoms with van der Waals surface area (Å²) in [6, 6.07) is 16.2. The van der Waals surface area contributed by atoms with E-state index in [1.54, 1.807) is 14.2 Å². The van der Waals surface area contributed by atoms with Gasteiger partial charge in [-0.25, -0.2) is 0 Å². The molecule has 0 atom stereocenters. The van der Waals surface area contributed by atoms with Crippen LogP contribution in [0.25, 0.3) is 11.6 Å². The number of benzene rings is 2. The van der Waals surface area contributed by atoms with Gasteiger partial charge in [-0.2, -0.15) is 0 Å². The van der Waals surface area contributed by atoms with Crippen LogP contribution in [0.1, 0.15) is 18.1 Å². The topological polar surface area (TPSA) is 18.5 Å². The summed E-state index contributed by atoms with van der Waals surface area (Å²) >= 11 is 0. The molecule has 0 saturated carbocycles. The van der Waals surface area contributed by atoms with Crippen LogP contribution in [0.3, 0.4) is 0 Å². The fourth-order valence-electron chi connectivity index (χ4n) is 2.13. The first-order valence-electron chi connectivity index (χ1n) is 6.90. The first-order valence-corrected chi connectivity index (χ1v) is 6.90. The molecule has 0 fully saturated rings. The molecular formula is C19H20O2. The van der Waals surface area contributed by atoms with Crippen LogP contribution in [-0.4, -0.2) is 14.2 Å². The Bertz CT molecular complexity index is 640. The number of ether oxygens (including phenoxy) is 2. The number of rotatable bonds is 5. The Balaban J connectivity index is 2.28. The van der Waals surface area contributed by atoms with Gasteiger partial charge in [-0.3, -0.25) is 0 Å². The molecule has 0 N–H and O–H groups in total. The van der Waals surface area contributed by atoms with Crippen molar-refractivity contribution in [2.45, 2.75) is 6.92 Å². The molecule has 0 spiro atoms. The molecule has 0 bridgehead atoms. The molecule has 0 unspecified atom stereocenters. The third-order valence-electron chi connectivity index (χ3n) is 3.28. The van der Waals surface area contributed by atoms with Crippen LogP contribution >= 0.6 is 0 Å². The van der Waals surface area contributed by atoms with Gasteiger partial charge in [-0.1, -0.05) is 54.6 Å². The van der Waals surface area contributed by atoms with Crippen LogP contribution in [0.4, 0.5) is 0 Å². The Labute approximate surface area is 126 Å². The Hall–Kier alpha value is -2.48. The Morgan fingerprint density at radius 1 is 0.905 bits per heavy atom. The minimum atomic E-state index is 0.738. The van der Waals surface area contributed by atoms with Crippen molar-refractivity contribution in [3.63, 3.8) is 0 Å². The smallest absolute Gasteiger partial charge is 0.161 e. The standard InChI is InChI=1S/C19H20O2/c1-4-16(11-10-15-8-6-5-7-9-15)17-12-13-18(20-2)19(14-17)21-3/h4-14H,1-3H3. The van der Waals surface area contributed by atoms with E-state index in [-0.39, 0.29) is 0 Å². The summed E-state index contributed by atoms with van der Waals surface area (Å²) in [6.07, 6.45) is 6.29. The lowest BCUT2D eigenvalue weighted by molar-refractivity contribution is 0.355. The highest BCUT2D eigenvalue weighted by molar-refractivity contribution is 5.79. The average molecular weight is 280 g/mol. The van der Waals surface area contributed by atoms with Gasteiger partial charge in [-0.15, -0.1) is 0 Å². The van der Waals surface area contributed by atoms with E-state index in [2.05, 4.69) is 30.4 Å². The van der Waals surface area contributed by atoms with Crippen molar-refractivity contribution in [2.24, 2.45) is 0 Å². The maximum Gasteiger partial charge on any atom is 0.161 e. The fraction of sp³-hybridized carbons (Fsp3) is 0.158. The van der Waals surface area contributed by atoms with E-state index in [1.807, 2.05) is 43.3 Å². The average Bonchev–Trinajstić information content (AvgIpc) is 2.56. The lowest BCUT2D eigenvalue weighted by atomic mass is 10.0. The van der Waals surface area contributed by atoms with E-state index in [1.165, 1.54) is 5.56 Å². The quantitative estimate of drug-likeness (QED) is 0.731. The molecule has 2 aromatic carbocycles. The zero-order valence-corrected chi connectivity index (χ0v) is 12.7. The molecule has 2 rings (SSSR count). The van der Waals surface area contributed by atoms with Gasteiger partial charge >= 0.3 is 0 Å². The number of hydrogen-bond acceptors (Lipinski definition) is 2. The van der Waals surface area contributed by atoms with E-state index in [4.69, 9.17) is 9.47 Å². The van der Waals surface area contributed by atoms with Crippen LogP contribution in [0.15, 0.2) is 60.7 Å². The Kier molecular flexibility index (Phi) is 5.22. The molecule has 0 saturated heterocycles. The predicted molar refractivity (Wildman–Crippen MR) is 88.7 cm³/mol. The molecule has 21 heavy (non-hydrogen) atoms. The summed E-state index contributed by atoms with van der Waals surface area (Å²) < 4.78 is 10.6. The number of allylic oxidation sites excluding steroid dienone is 3. The lowest BCUT2D eigenvalue weighted by Crippen LogP contribution is -1.91. The number of hydrogen-bond donors (Lipinski definition) is 0.